The van der Waals surface area contributed by atoms with Crippen LogP contribution in [0.5, 0.6) is 0 Å². The van der Waals surface area contributed by atoms with Crippen molar-refractivity contribution in [2.45, 2.75) is 39.2 Å². The number of aromatic amines is 1. The number of nitrogens with one attached hydrogen (secondary N) is 2. The summed E-state index contributed by atoms with van der Waals surface area (Å²) in [6.07, 6.45) is 4.04. The lowest BCUT2D eigenvalue weighted by Gasteiger charge is -2.32. The first kappa shape index (κ1) is 27.5. The Morgan fingerprint density at radius 2 is 1.83 bits per heavy atom. The first-order valence-electron chi connectivity index (χ1n) is 14.0. The van der Waals surface area contributed by atoms with Gasteiger partial charge in [-0.2, -0.15) is 0 Å². The Morgan fingerprint density at radius 3 is 2.67 bits per heavy atom. The monoisotopic (exact) mass is 563 g/mol. The zero-order valence-electron chi connectivity index (χ0n) is 22.4. The second-order valence-electron chi connectivity index (χ2n) is 10.9. The van der Waals surface area contributed by atoms with Gasteiger partial charge in [-0.15, -0.1) is 0 Å². The molecule has 1 amide bonds. The predicted molar refractivity (Wildman–Crippen MR) is 168 cm³/mol. The Morgan fingerprint density at radius 1 is 1.02 bits per heavy atom. The van der Waals surface area contributed by atoms with Gasteiger partial charge in [0, 0.05) is 46.3 Å². The van der Waals surface area contributed by atoms with Crippen molar-refractivity contribution in [3.63, 3.8) is 0 Å². The first-order chi connectivity index (χ1) is 20.0. The molecule has 1 aliphatic carbocycles. The van der Waals surface area contributed by atoms with Gasteiger partial charge in [-0.3, -0.25) is 4.79 Å². The van der Waals surface area contributed by atoms with Crippen LogP contribution in [0, 0.1) is 11.7 Å². The molecule has 1 saturated carbocycles. The SMILES string of the molecule is C.NC(=O)c1ccc(-n2c3ccccc3c3c(-c4nc5ccc(F)cc5[nH]4)cccc32)cc1N[C@H]1CCCC[C@@H]1CO. The molecule has 4 aromatic carbocycles. The number of rotatable bonds is 6. The lowest BCUT2D eigenvalue weighted by Crippen LogP contribution is -2.35. The van der Waals surface area contributed by atoms with Crippen LogP contribution >= 0.6 is 0 Å². The summed E-state index contributed by atoms with van der Waals surface area (Å²) < 4.78 is 16.1. The summed E-state index contributed by atoms with van der Waals surface area (Å²) in [6, 6.07) is 24.5. The van der Waals surface area contributed by atoms with Crippen molar-refractivity contribution in [2.24, 2.45) is 11.7 Å². The maximum Gasteiger partial charge on any atom is 0.250 e. The second-order valence-corrected chi connectivity index (χ2v) is 10.9. The molecule has 0 aliphatic heterocycles. The summed E-state index contributed by atoms with van der Waals surface area (Å²) in [7, 11) is 0. The average molecular weight is 564 g/mol. The molecule has 2 atom stereocenters. The topological polar surface area (TPSA) is 109 Å². The molecule has 0 unspecified atom stereocenters. The summed E-state index contributed by atoms with van der Waals surface area (Å²) in [6.45, 7) is 0.105. The van der Waals surface area contributed by atoms with Gasteiger partial charge in [0.05, 0.1) is 27.6 Å². The smallest absolute Gasteiger partial charge is 0.250 e. The van der Waals surface area contributed by atoms with Crippen LogP contribution < -0.4 is 11.1 Å². The Labute approximate surface area is 243 Å². The van der Waals surface area contributed by atoms with Gasteiger partial charge in [0.25, 0.3) is 5.91 Å². The molecule has 8 heteroatoms. The van der Waals surface area contributed by atoms with E-state index >= 15 is 0 Å². The van der Waals surface area contributed by atoms with Gasteiger partial charge in [0.2, 0.25) is 0 Å². The molecule has 0 saturated heterocycles. The highest BCUT2D eigenvalue weighted by Gasteiger charge is 2.26. The molecule has 1 aliphatic rings. The van der Waals surface area contributed by atoms with Gasteiger partial charge in [-0.25, -0.2) is 9.37 Å². The van der Waals surface area contributed by atoms with E-state index in [9.17, 15) is 14.3 Å². The fourth-order valence-electron chi connectivity index (χ4n) is 6.43. The molecule has 7 nitrogen and oxygen atoms in total. The van der Waals surface area contributed by atoms with Gasteiger partial charge in [0.15, 0.2) is 0 Å². The molecule has 42 heavy (non-hydrogen) atoms. The van der Waals surface area contributed by atoms with Gasteiger partial charge in [-0.1, -0.05) is 50.6 Å². The number of para-hydroxylation sites is 1. The molecule has 5 N–H and O–H groups in total. The molecule has 0 bridgehead atoms. The maximum absolute atomic E-state index is 13.9. The zero-order valence-corrected chi connectivity index (χ0v) is 22.4. The van der Waals surface area contributed by atoms with Crippen LogP contribution in [0.1, 0.15) is 43.5 Å². The standard InChI is InChI=1S/C33H30FN5O2.CH4/c34-20-12-15-26-28(16-20)38-33(37-26)24-8-5-11-30-31(24)23-7-2-4-10-29(23)39(30)21-13-14-22(32(35)41)27(17-21)36-25-9-3-1-6-19(25)18-40;/h2,4-5,7-8,10-17,19,25,36,40H,1,3,6,9,18H2,(H2,35,41)(H,37,38);1H4/t19-,25+;/m1./s1. The number of anilines is 1. The molecule has 7 rings (SSSR count). The molecular weight excluding hydrogens is 529 g/mol. The lowest BCUT2D eigenvalue weighted by atomic mass is 9.85. The molecule has 2 heterocycles. The molecular formula is C34H34FN5O2. The predicted octanol–water partition coefficient (Wildman–Crippen LogP) is 7.16. The third-order valence-corrected chi connectivity index (χ3v) is 8.41. The van der Waals surface area contributed by atoms with Gasteiger partial charge >= 0.3 is 0 Å². The molecule has 214 valence electrons. The van der Waals surface area contributed by atoms with Crippen LogP contribution in [0.25, 0.3) is 49.9 Å². The van der Waals surface area contributed by atoms with Gasteiger partial charge in [0.1, 0.15) is 11.6 Å². The summed E-state index contributed by atoms with van der Waals surface area (Å²) >= 11 is 0. The van der Waals surface area contributed by atoms with Crippen molar-refractivity contribution >= 4 is 44.4 Å². The van der Waals surface area contributed by atoms with Crippen molar-refractivity contribution in [2.75, 3.05) is 11.9 Å². The highest BCUT2D eigenvalue weighted by Crippen LogP contribution is 2.39. The van der Waals surface area contributed by atoms with Crippen molar-refractivity contribution in [1.82, 2.24) is 14.5 Å². The Bertz CT molecular complexity index is 1940. The number of carbonyl (C=O) groups excluding carboxylic acids is 1. The van der Waals surface area contributed by atoms with Crippen molar-refractivity contribution in [3.05, 3.63) is 90.2 Å². The van der Waals surface area contributed by atoms with Crippen molar-refractivity contribution < 1.29 is 14.3 Å². The number of hydrogen-bond acceptors (Lipinski definition) is 4. The maximum atomic E-state index is 13.9. The summed E-state index contributed by atoms with van der Waals surface area (Å²) in [5, 5.41) is 15.6. The number of H-pyrrole nitrogens is 1. The number of halogens is 1. The molecule has 0 radical (unpaired) electrons. The Kier molecular flexibility index (Phi) is 7.16. The van der Waals surface area contributed by atoms with Crippen LogP contribution in [0.15, 0.2) is 78.9 Å². The largest absolute Gasteiger partial charge is 0.396 e. The zero-order chi connectivity index (χ0) is 28.1. The van der Waals surface area contributed by atoms with E-state index in [1.807, 2.05) is 36.4 Å². The number of nitrogens with zero attached hydrogens (tertiary/aromatic N) is 2. The van der Waals surface area contributed by atoms with E-state index < -0.39 is 5.91 Å². The average Bonchev–Trinajstić information content (AvgIpc) is 3.56. The minimum atomic E-state index is -0.499. The highest BCUT2D eigenvalue weighted by atomic mass is 19.1. The van der Waals surface area contributed by atoms with E-state index in [1.54, 1.807) is 12.1 Å². The number of primary amides is 1. The quantitative estimate of drug-likeness (QED) is 0.172. The third kappa shape index (κ3) is 4.58. The number of imidazole rings is 1. The highest BCUT2D eigenvalue weighted by molar-refractivity contribution is 6.15. The number of fused-ring (bicyclic) bond motifs is 4. The molecule has 1 fully saturated rings. The first-order valence-corrected chi connectivity index (χ1v) is 14.0. The number of amides is 1. The minimum absolute atomic E-state index is 0. The summed E-state index contributed by atoms with van der Waals surface area (Å²) in [5.41, 5.74) is 12.0. The second kappa shape index (κ2) is 10.9. The van der Waals surface area contributed by atoms with Gasteiger partial charge in [-0.05, 0) is 61.4 Å². The number of carbonyl (C=O) groups is 1. The van der Waals surface area contributed by atoms with Crippen LogP contribution in [-0.2, 0) is 0 Å². The molecule has 0 spiro atoms. The molecule has 2 aromatic heterocycles. The number of nitrogens with two attached hydrogens (primary N) is 1. The van der Waals surface area contributed by atoms with E-state index in [2.05, 4.69) is 33.1 Å². The lowest BCUT2D eigenvalue weighted by molar-refractivity contribution is 0.100. The van der Waals surface area contributed by atoms with Crippen molar-refractivity contribution in [3.8, 4) is 17.1 Å². The van der Waals surface area contributed by atoms with Crippen molar-refractivity contribution in [1.29, 1.82) is 0 Å². The van der Waals surface area contributed by atoms with Crippen LogP contribution in [0.3, 0.4) is 0 Å². The fraction of sp³-hybridized carbons (Fsp3) is 0.235. The molecule has 6 aromatic rings. The van der Waals surface area contributed by atoms with Crippen LogP contribution in [0.4, 0.5) is 10.1 Å². The number of hydrogen-bond donors (Lipinski definition) is 4. The normalized spacial score (nSPS) is 17.0. The van der Waals surface area contributed by atoms with Crippen LogP contribution in [0.2, 0.25) is 0 Å². The van der Waals surface area contributed by atoms with E-state index in [-0.39, 0.29) is 31.8 Å². The fourth-order valence-corrected chi connectivity index (χ4v) is 6.43. The Balaban J connectivity index is 0.00000316. The number of aromatic nitrogens is 3. The van der Waals surface area contributed by atoms with E-state index in [4.69, 9.17) is 10.7 Å². The van der Waals surface area contributed by atoms with Crippen LogP contribution in [-0.4, -0.2) is 38.2 Å². The summed E-state index contributed by atoms with van der Waals surface area (Å²) in [4.78, 5) is 20.5. The Hall–Kier alpha value is -4.69. The van der Waals surface area contributed by atoms with Gasteiger partial charge < -0.3 is 25.7 Å². The minimum Gasteiger partial charge on any atom is -0.396 e. The van der Waals surface area contributed by atoms with E-state index in [0.29, 0.717) is 28.1 Å². The van der Waals surface area contributed by atoms with E-state index in [1.165, 1.54) is 12.1 Å². The third-order valence-electron chi connectivity index (χ3n) is 8.41. The number of benzene rings is 4. The van der Waals surface area contributed by atoms with E-state index in [0.717, 1.165) is 58.7 Å². The number of aliphatic hydroxyl groups is 1. The summed E-state index contributed by atoms with van der Waals surface area (Å²) in [5.74, 6) is -0.0230. The number of aliphatic hydroxyl groups excluding tert-OH is 1.